The maximum Gasteiger partial charge on any atom is 0.229 e. The summed E-state index contributed by atoms with van der Waals surface area (Å²) in [5, 5.41) is 0. The lowest BCUT2D eigenvalue weighted by Crippen LogP contribution is -2.53. The van der Waals surface area contributed by atoms with Gasteiger partial charge in [0, 0.05) is 32.0 Å². The molecule has 140 valence electrons. The summed E-state index contributed by atoms with van der Waals surface area (Å²) in [6, 6.07) is 4.03. The largest absolute Gasteiger partial charge is 0.338 e. The standard InChI is InChI=1S/C22H31N3O/c26-21-22(9-5-13-25(21)18-20-8-4-12-23-16-20)10-14-24(15-11-22)17-19-6-2-1-3-7-19/h1-2,4,8,12,16,19H,3,5-7,9-11,13-15,17-18H2/t19-/m1/s1. The zero-order valence-corrected chi connectivity index (χ0v) is 15.8. The molecule has 4 nitrogen and oxygen atoms in total. The highest BCUT2D eigenvalue weighted by Crippen LogP contribution is 2.41. The van der Waals surface area contributed by atoms with Crippen LogP contribution in [0.3, 0.4) is 0 Å². The summed E-state index contributed by atoms with van der Waals surface area (Å²) in [7, 11) is 0. The Labute approximate surface area is 157 Å². The number of amides is 1. The summed E-state index contributed by atoms with van der Waals surface area (Å²) < 4.78 is 0. The zero-order valence-electron chi connectivity index (χ0n) is 15.8. The second-order valence-electron chi connectivity index (χ2n) is 8.42. The molecule has 0 bridgehead atoms. The molecule has 3 heterocycles. The first kappa shape index (κ1) is 17.7. The van der Waals surface area contributed by atoms with Crippen molar-refractivity contribution in [2.45, 2.75) is 51.5 Å². The van der Waals surface area contributed by atoms with Gasteiger partial charge >= 0.3 is 0 Å². The Bertz CT molecular complexity index is 634. The summed E-state index contributed by atoms with van der Waals surface area (Å²) >= 11 is 0. The molecule has 1 atom stereocenters. The molecule has 1 aromatic rings. The van der Waals surface area contributed by atoms with Crippen LogP contribution in [0.1, 0.15) is 50.5 Å². The van der Waals surface area contributed by atoms with E-state index in [1.807, 2.05) is 12.3 Å². The lowest BCUT2D eigenvalue weighted by molar-refractivity contribution is -0.150. The highest BCUT2D eigenvalue weighted by Gasteiger charge is 2.45. The molecule has 4 heteroatoms. The van der Waals surface area contributed by atoms with Crippen LogP contribution in [0.2, 0.25) is 0 Å². The van der Waals surface area contributed by atoms with Crippen molar-refractivity contribution in [2.24, 2.45) is 11.3 Å². The van der Waals surface area contributed by atoms with Gasteiger partial charge in [0.05, 0.1) is 5.41 Å². The Kier molecular flexibility index (Phi) is 5.39. The molecule has 26 heavy (non-hydrogen) atoms. The maximum atomic E-state index is 13.3. The summed E-state index contributed by atoms with van der Waals surface area (Å²) in [4.78, 5) is 22.2. The second kappa shape index (κ2) is 7.91. The summed E-state index contributed by atoms with van der Waals surface area (Å²) in [6.45, 7) is 5.01. The topological polar surface area (TPSA) is 36.4 Å². The number of nitrogens with zero attached hydrogens (tertiary/aromatic N) is 3. The molecule has 1 aromatic heterocycles. The van der Waals surface area contributed by atoms with E-state index in [2.05, 4.69) is 33.0 Å². The Balaban J connectivity index is 1.34. The molecule has 0 N–H and O–H groups in total. The molecule has 1 spiro atoms. The van der Waals surface area contributed by atoms with Gasteiger partial charge in [0.15, 0.2) is 0 Å². The van der Waals surface area contributed by atoms with Crippen LogP contribution in [-0.2, 0) is 11.3 Å². The molecular weight excluding hydrogens is 322 g/mol. The number of rotatable bonds is 4. The molecule has 4 rings (SSSR count). The quantitative estimate of drug-likeness (QED) is 0.776. The van der Waals surface area contributed by atoms with Gasteiger partial charge in [-0.05, 0) is 75.6 Å². The maximum absolute atomic E-state index is 13.3. The normalized spacial score (nSPS) is 26.4. The van der Waals surface area contributed by atoms with E-state index in [0.29, 0.717) is 12.5 Å². The monoisotopic (exact) mass is 353 g/mol. The van der Waals surface area contributed by atoms with Crippen molar-refractivity contribution in [2.75, 3.05) is 26.2 Å². The third-order valence-electron chi connectivity index (χ3n) is 6.63. The van der Waals surface area contributed by atoms with E-state index in [-0.39, 0.29) is 5.41 Å². The third-order valence-corrected chi connectivity index (χ3v) is 6.63. The van der Waals surface area contributed by atoms with Gasteiger partial charge in [-0.3, -0.25) is 9.78 Å². The number of carbonyl (C=O) groups is 1. The minimum Gasteiger partial charge on any atom is -0.338 e. The van der Waals surface area contributed by atoms with Crippen molar-refractivity contribution >= 4 is 5.91 Å². The van der Waals surface area contributed by atoms with Gasteiger partial charge in [0.2, 0.25) is 5.91 Å². The van der Waals surface area contributed by atoms with Gasteiger partial charge in [-0.2, -0.15) is 0 Å². The number of pyridine rings is 1. The fourth-order valence-corrected chi connectivity index (χ4v) is 5.03. The van der Waals surface area contributed by atoms with Crippen LogP contribution < -0.4 is 0 Å². The Morgan fingerprint density at radius 2 is 2.04 bits per heavy atom. The number of piperidine rings is 2. The Morgan fingerprint density at radius 3 is 2.77 bits per heavy atom. The summed E-state index contributed by atoms with van der Waals surface area (Å²) in [6.07, 6.45) is 16.4. The average Bonchev–Trinajstić information content (AvgIpc) is 2.69. The molecule has 1 amide bonds. The number of hydrogen-bond acceptors (Lipinski definition) is 3. The Hall–Kier alpha value is -1.68. The predicted molar refractivity (Wildman–Crippen MR) is 103 cm³/mol. The van der Waals surface area contributed by atoms with Gasteiger partial charge in [-0.1, -0.05) is 18.2 Å². The van der Waals surface area contributed by atoms with Crippen molar-refractivity contribution in [3.05, 3.63) is 42.2 Å². The first-order chi connectivity index (χ1) is 12.8. The van der Waals surface area contributed by atoms with E-state index in [1.165, 1.54) is 25.8 Å². The van der Waals surface area contributed by atoms with E-state index in [9.17, 15) is 4.79 Å². The lowest BCUT2D eigenvalue weighted by Gasteiger charge is -2.47. The Morgan fingerprint density at radius 1 is 1.15 bits per heavy atom. The smallest absolute Gasteiger partial charge is 0.229 e. The molecule has 2 aliphatic heterocycles. The number of hydrogen-bond donors (Lipinski definition) is 0. The van der Waals surface area contributed by atoms with Crippen LogP contribution in [0.25, 0.3) is 0 Å². The van der Waals surface area contributed by atoms with Crippen molar-refractivity contribution in [1.29, 1.82) is 0 Å². The SMILES string of the molecule is O=C1N(Cc2cccnc2)CCCC12CCN(C[C@@H]1CC=CCC1)CC2. The molecule has 0 radical (unpaired) electrons. The van der Waals surface area contributed by atoms with Crippen molar-refractivity contribution in [3.8, 4) is 0 Å². The van der Waals surface area contributed by atoms with Crippen LogP contribution >= 0.6 is 0 Å². The van der Waals surface area contributed by atoms with Crippen LogP contribution in [0.5, 0.6) is 0 Å². The summed E-state index contributed by atoms with van der Waals surface area (Å²) in [5.74, 6) is 1.21. The molecule has 2 saturated heterocycles. The molecule has 0 saturated carbocycles. The molecule has 3 aliphatic rings. The molecule has 0 unspecified atom stereocenters. The lowest BCUT2D eigenvalue weighted by atomic mass is 9.71. The fourth-order valence-electron chi connectivity index (χ4n) is 5.03. The van der Waals surface area contributed by atoms with E-state index in [1.54, 1.807) is 6.20 Å². The predicted octanol–water partition coefficient (Wildman–Crippen LogP) is 3.64. The molecular formula is C22H31N3O. The van der Waals surface area contributed by atoms with Gasteiger partial charge in [-0.15, -0.1) is 0 Å². The van der Waals surface area contributed by atoms with Crippen molar-refractivity contribution in [1.82, 2.24) is 14.8 Å². The molecule has 2 fully saturated rings. The first-order valence-electron chi connectivity index (χ1n) is 10.3. The molecule has 0 aromatic carbocycles. The van der Waals surface area contributed by atoms with Crippen LogP contribution in [0.15, 0.2) is 36.7 Å². The fraction of sp³-hybridized carbons (Fsp3) is 0.636. The minimum atomic E-state index is -0.0938. The summed E-state index contributed by atoms with van der Waals surface area (Å²) in [5.41, 5.74) is 1.05. The third kappa shape index (κ3) is 3.85. The van der Waals surface area contributed by atoms with Crippen LogP contribution in [0, 0.1) is 11.3 Å². The number of aromatic nitrogens is 1. The van der Waals surface area contributed by atoms with Gasteiger partial charge < -0.3 is 9.80 Å². The van der Waals surface area contributed by atoms with Crippen molar-refractivity contribution < 1.29 is 4.79 Å². The second-order valence-corrected chi connectivity index (χ2v) is 8.42. The van der Waals surface area contributed by atoms with Gasteiger partial charge in [-0.25, -0.2) is 0 Å². The molecule has 1 aliphatic carbocycles. The van der Waals surface area contributed by atoms with Crippen LogP contribution in [-0.4, -0.2) is 46.9 Å². The number of allylic oxidation sites excluding steroid dienone is 2. The minimum absolute atomic E-state index is 0.0938. The van der Waals surface area contributed by atoms with Gasteiger partial charge in [0.25, 0.3) is 0 Å². The van der Waals surface area contributed by atoms with Crippen LogP contribution in [0.4, 0.5) is 0 Å². The number of likely N-dealkylation sites (tertiary alicyclic amines) is 2. The van der Waals surface area contributed by atoms with E-state index >= 15 is 0 Å². The number of carbonyl (C=O) groups excluding carboxylic acids is 1. The first-order valence-corrected chi connectivity index (χ1v) is 10.3. The van der Waals surface area contributed by atoms with Crippen molar-refractivity contribution in [3.63, 3.8) is 0 Å². The highest BCUT2D eigenvalue weighted by molar-refractivity contribution is 5.83. The van der Waals surface area contributed by atoms with E-state index < -0.39 is 0 Å². The highest BCUT2D eigenvalue weighted by atomic mass is 16.2. The van der Waals surface area contributed by atoms with E-state index in [4.69, 9.17) is 0 Å². The van der Waals surface area contributed by atoms with Gasteiger partial charge in [0.1, 0.15) is 0 Å². The van der Waals surface area contributed by atoms with E-state index in [0.717, 1.165) is 56.8 Å². The average molecular weight is 354 g/mol. The zero-order chi connectivity index (χ0) is 17.8.